The Bertz CT molecular complexity index is 1040. The van der Waals surface area contributed by atoms with Crippen molar-refractivity contribution in [3.63, 3.8) is 0 Å². The van der Waals surface area contributed by atoms with Crippen LogP contribution in [-0.4, -0.2) is 31.3 Å². The average Bonchev–Trinajstić information content (AvgIpc) is 3.14. The van der Waals surface area contributed by atoms with Gasteiger partial charge in [-0.1, -0.05) is 30.0 Å². The molecule has 0 atom stereocenters. The van der Waals surface area contributed by atoms with Crippen LogP contribution in [0.4, 0.5) is 11.4 Å². The summed E-state index contributed by atoms with van der Waals surface area (Å²) in [6.07, 6.45) is 0. The molecular weight excluding hydrogens is 406 g/mol. The first kappa shape index (κ1) is 21.3. The van der Waals surface area contributed by atoms with Gasteiger partial charge in [-0.15, -0.1) is 10.2 Å². The number of amides is 1. The van der Waals surface area contributed by atoms with Crippen molar-refractivity contribution in [2.24, 2.45) is 0 Å². The summed E-state index contributed by atoms with van der Waals surface area (Å²) in [6, 6.07) is 13.4. The predicted octanol–water partition coefficient (Wildman–Crippen LogP) is 3.82. The molecule has 3 aromatic rings. The number of nitro benzene ring substituents is 1. The molecule has 0 bridgehead atoms. The van der Waals surface area contributed by atoms with Gasteiger partial charge in [0.2, 0.25) is 5.91 Å². The molecular formula is C20H21N5O4S. The molecule has 3 rings (SSSR count). The third-order valence-electron chi connectivity index (χ3n) is 4.25. The third kappa shape index (κ3) is 5.35. The number of non-ortho nitro benzene ring substituents is 1. The van der Waals surface area contributed by atoms with Gasteiger partial charge in [-0.3, -0.25) is 14.9 Å². The zero-order valence-corrected chi connectivity index (χ0v) is 17.4. The van der Waals surface area contributed by atoms with Gasteiger partial charge in [0.25, 0.3) is 5.69 Å². The molecule has 0 aliphatic rings. The maximum Gasteiger partial charge on any atom is 0.269 e. The summed E-state index contributed by atoms with van der Waals surface area (Å²) in [7, 11) is 0. The molecule has 0 spiro atoms. The van der Waals surface area contributed by atoms with Gasteiger partial charge >= 0.3 is 0 Å². The highest BCUT2D eigenvalue weighted by molar-refractivity contribution is 7.99. The molecule has 1 heterocycles. The number of rotatable bonds is 9. The predicted molar refractivity (Wildman–Crippen MR) is 114 cm³/mol. The molecule has 10 heteroatoms. The van der Waals surface area contributed by atoms with Crippen LogP contribution in [0.5, 0.6) is 5.75 Å². The lowest BCUT2D eigenvalue weighted by Gasteiger charge is -2.10. The van der Waals surface area contributed by atoms with E-state index in [0.29, 0.717) is 23.2 Å². The van der Waals surface area contributed by atoms with Crippen molar-refractivity contribution < 1.29 is 14.5 Å². The standard InChI is InChI=1S/C20H21N5O4S/c1-3-24-18(12-29-17-7-5-4-6-14(17)2)22-23-20(24)30-13-19(26)21-15-8-10-16(11-9-15)25(27)28/h4-11H,3,12-13H2,1-2H3,(H,21,26). The Labute approximate surface area is 177 Å². The van der Waals surface area contributed by atoms with Crippen molar-refractivity contribution in [1.82, 2.24) is 14.8 Å². The van der Waals surface area contributed by atoms with E-state index in [0.717, 1.165) is 11.3 Å². The highest BCUT2D eigenvalue weighted by atomic mass is 32.2. The Morgan fingerprint density at radius 1 is 1.20 bits per heavy atom. The monoisotopic (exact) mass is 427 g/mol. The Morgan fingerprint density at radius 3 is 2.60 bits per heavy atom. The molecule has 0 aliphatic heterocycles. The number of hydrogen-bond donors (Lipinski definition) is 1. The molecule has 2 aromatic carbocycles. The third-order valence-corrected chi connectivity index (χ3v) is 5.22. The van der Waals surface area contributed by atoms with Gasteiger partial charge in [-0.2, -0.15) is 0 Å². The van der Waals surface area contributed by atoms with Crippen LogP contribution in [-0.2, 0) is 17.9 Å². The number of nitrogens with one attached hydrogen (secondary N) is 1. The maximum absolute atomic E-state index is 12.2. The largest absolute Gasteiger partial charge is 0.485 e. The Hall–Kier alpha value is -3.40. The quantitative estimate of drug-likeness (QED) is 0.314. The molecule has 1 N–H and O–H groups in total. The van der Waals surface area contributed by atoms with Gasteiger partial charge < -0.3 is 14.6 Å². The van der Waals surface area contributed by atoms with Crippen LogP contribution in [0.2, 0.25) is 0 Å². The number of aromatic nitrogens is 3. The fraction of sp³-hybridized carbons (Fsp3) is 0.250. The molecule has 1 aromatic heterocycles. The summed E-state index contributed by atoms with van der Waals surface area (Å²) < 4.78 is 7.75. The van der Waals surface area contributed by atoms with Crippen LogP contribution < -0.4 is 10.1 Å². The molecule has 0 saturated carbocycles. The van der Waals surface area contributed by atoms with Gasteiger partial charge in [0.1, 0.15) is 12.4 Å². The second kappa shape index (κ2) is 9.88. The summed E-state index contributed by atoms with van der Waals surface area (Å²) >= 11 is 1.27. The van der Waals surface area contributed by atoms with Crippen LogP contribution in [0.1, 0.15) is 18.3 Å². The van der Waals surface area contributed by atoms with Gasteiger partial charge in [0.15, 0.2) is 11.0 Å². The molecule has 0 aliphatic carbocycles. The lowest BCUT2D eigenvalue weighted by Crippen LogP contribution is -2.15. The van der Waals surface area contributed by atoms with Crippen LogP contribution in [0, 0.1) is 17.0 Å². The van der Waals surface area contributed by atoms with E-state index in [-0.39, 0.29) is 24.0 Å². The van der Waals surface area contributed by atoms with Crippen molar-refractivity contribution in [2.75, 3.05) is 11.1 Å². The van der Waals surface area contributed by atoms with Crippen molar-refractivity contribution in [1.29, 1.82) is 0 Å². The van der Waals surface area contributed by atoms with Crippen molar-refractivity contribution in [3.05, 3.63) is 70.0 Å². The minimum Gasteiger partial charge on any atom is -0.485 e. The number of carbonyl (C=O) groups is 1. The highest BCUT2D eigenvalue weighted by Gasteiger charge is 2.14. The van der Waals surface area contributed by atoms with E-state index in [1.165, 1.54) is 36.0 Å². The molecule has 0 saturated heterocycles. The number of anilines is 1. The highest BCUT2D eigenvalue weighted by Crippen LogP contribution is 2.21. The molecule has 30 heavy (non-hydrogen) atoms. The first-order valence-electron chi connectivity index (χ1n) is 9.25. The van der Waals surface area contributed by atoms with Gasteiger partial charge in [0.05, 0.1) is 10.7 Å². The molecule has 0 unspecified atom stereocenters. The summed E-state index contributed by atoms with van der Waals surface area (Å²) in [5, 5.41) is 22.4. The maximum atomic E-state index is 12.2. The van der Waals surface area contributed by atoms with E-state index in [4.69, 9.17) is 4.74 Å². The Balaban J connectivity index is 1.56. The second-order valence-corrected chi connectivity index (χ2v) is 7.28. The minimum atomic E-state index is -0.487. The summed E-state index contributed by atoms with van der Waals surface area (Å²) in [6.45, 7) is 4.87. The van der Waals surface area contributed by atoms with Gasteiger partial charge in [-0.05, 0) is 37.6 Å². The number of thioether (sulfide) groups is 1. The fourth-order valence-corrected chi connectivity index (χ4v) is 3.53. The lowest BCUT2D eigenvalue weighted by atomic mass is 10.2. The lowest BCUT2D eigenvalue weighted by molar-refractivity contribution is -0.384. The van der Waals surface area contributed by atoms with Crippen LogP contribution in [0.3, 0.4) is 0 Å². The normalized spacial score (nSPS) is 10.6. The van der Waals surface area contributed by atoms with E-state index >= 15 is 0 Å². The first-order valence-corrected chi connectivity index (χ1v) is 10.2. The van der Waals surface area contributed by atoms with Crippen LogP contribution >= 0.6 is 11.8 Å². The number of nitrogens with zero attached hydrogens (tertiary/aromatic N) is 4. The number of ether oxygens (including phenoxy) is 1. The van der Waals surface area contributed by atoms with E-state index in [1.54, 1.807) is 0 Å². The summed E-state index contributed by atoms with van der Waals surface area (Å²) in [5.74, 6) is 1.37. The van der Waals surface area contributed by atoms with Gasteiger partial charge in [0, 0.05) is 24.4 Å². The molecule has 9 nitrogen and oxygen atoms in total. The average molecular weight is 427 g/mol. The first-order chi connectivity index (χ1) is 14.5. The van der Waals surface area contributed by atoms with E-state index < -0.39 is 4.92 Å². The number of aryl methyl sites for hydroxylation is 1. The smallest absolute Gasteiger partial charge is 0.269 e. The molecule has 156 valence electrons. The molecule has 1 amide bonds. The van der Waals surface area contributed by atoms with Crippen LogP contribution in [0.15, 0.2) is 53.7 Å². The second-order valence-electron chi connectivity index (χ2n) is 6.34. The summed E-state index contributed by atoms with van der Waals surface area (Å²) in [5.41, 5.74) is 1.51. The number of hydrogen-bond acceptors (Lipinski definition) is 7. The van der Waals surface area contributed by atoms with E-state index in [9.17, 15) is 14.9 Å². The zero-order chi connectivity index (χ0) is 21.5. The topological polar surface area (TPSA) is 112 Å². The van der Waals surface area contributed by atoms with Crippen molar-refractivity contribution >= 4 is 29.0 Å². The molecule has 0 radical (unpaired) electrons. The van der Waals surface area contributed by atoms with Crippen molar-refractivity contribution in [2.45, 2.75) is 32.2 Å². The Morgan fingerprint density at radius 2 is 1.93 bits per heavy atom. The van der Waals surface area contributed by atoms with Crippen molar-refractivity contribution in [3.8, 4) is 5.75 Å². The number of para-hydroxylation sites is 1. The van der Waals surface area contributed by atoms with E-state index in [2.05, 4.69) is 15.5 Å². The van der Waals surface area contributed by atoms with E-state index in [1.807, 2.05) is 42.7 Å². The zero-order valence-electron chi connectivity index (χ0n) is 16.6. The number of nitro groups is 1. The minimum absolute atomic E-state index is 0.0288. The van der Waals surface area contributed by atoms with Gasteiger partial charge in [-0.25, -0.2) is 0 Å². The van der Waals surface area contributed by atoms with Crippen LogP contribution in [0.25, 0.3) is 0 Å². The number of benzene rings is 2. The fourth-order valence-electron chi connectivity index (χ4n) is 2.70. The SMILES string of the molecule is CCn1c(COc2ccccc2C)nnc1SCC(=O)Nc1ccc([N+](=O)[O-])cc1. The number of carbonyl (C=O) groups excluding carboxylic acids is 1. The molecule has 0 fully saturated rings. The summed E-state index contributed by atoms with van der Waals surface area (Å²) in [4.78, 5) is 22.4. The Kier molecular flexibility index (Phi) is 7.02.